The number of halogens is 2. The Kier molecular flexibility index (Phi) is 9.04. The Labute approximate surface area is 286 Å². The monoisotopic (exact) mass is 673 g/mol. The van der Waals surface area contributed by atoms with E-state index < -0.39 is 0 Å². The molecule has 0 unspecified atom stereocenters. The standard InChI is InChI=1S/C37H41Cl2N5O3/c1-23-14-24(2)16-27(15-23)36(46)42-12-13-43(33(22-42)26-8-9-31(38)32(39)17-26)34(45)10-11-41-20-29-18-28(41)21-44(29)37(47)35-30(19-40-35)25-6-4-3-5-7-25/h3-9,14-17,28-30,33,35,40H,10-13,18-22H2,1-2H3/t28-,29-,30+,33-,35-/m0/s1. The highest BCUT2D eigenvalue weighted by molar-refractivity contribution is 6.42. The first-order valence-corrected chi connectivity index (χ1v) is 17.4. The van der Waals surface area contributed by atoms with Crippen LogP contribution in [-0.2, 0) is 9.59 Å². The van der Waals surface area contributed by atoms with E-state index in [1.807, 2.05) is 66.1 Å². The van der Waals surface area contributed by atoms with E-state index in [1.54, 1.807) is 6.07 Å². The number of benzene rings is 3. The quantitative estimate of drug-likeness (QED) is 0.379. The van der Waals surface area contributed by atoms with Gasteiger partial charge in [-0.25, -0.2) is 0 Å². The summed E-state index contributed by atoms with van der Waals surface area (Å²) in [5, 5.41) is 4.25. The predicted octanol–water partition coefficient (Wildman–Crippen LogP) is 5.07. The van der Waals surface area contributed by atoms with E-state index >= 15 is 0 Å². The van der Waals surface area contributed by atoms with E-state index in [4.69, 9.17) is 23.2 Å². The van der Waals surface area contributed by atoms with Crippen molar-refractivity contribution in [3.05, 3.63) is 105 Å². The zero-order valence-corrected chi connectivity index (χ0v) is 28.4. The van der Waals surface area contributed by atoms with Gasteiger partial charge in [-0.2, -0.15) is 0 Å². The van der Waals surface area contributed by atoms with Gasteiger partial charge in [0.2, 0.25) is 11.8 Å². The van der Waals surface area contributed by atoms with E-state index in [9.17, 15) is 14.4 Å². The lowest BCUT2D eigenvalue weighted by atomic mass is 9.84. The van der Waals surface area contributed by atoms with Crippen LogP contribution >= 0.6 is 23.2 Å². The summed E-state index contributed by atoms with van der Waals surface area (Å²) in [4.78, 5) is 49.2. The summed E-state index contributed by atoms with van der Waals surface area (Å²) in [5.74, 6) is 0.440. The lowest BCUT2D eigenvalue weighted by molar-refractivity contribution is -0.139. The fraction of sp³-hybridized carbons (Fsp3) is 0.432. The number of fused-ring (bicyclic) bond motifs is 2. The number of nitrogens with one attached hydrogen (secondary N) is 1. The highest BCUT2D eigenvalue weighted by atomic mass is 35.5. The van der Waals surface area contributed by atoms with Crippen LogP contribution in [0.4, 0.5) is 0 Å². The number of carbonyl (C=O) groups excluding carboxylic acids is 3. The van der Waals surface area contributed by atoms with Gasteiger partial charge in [0.05, 0.1) is 22.1 Å². The molecule has 1 N–H and O–H groups in total. The van der Waals surface area contributed by atoms with Gasteiger partial charge in [0.1, 0.15) is 0 Å². The number of amides is 3. The number of nitrogens with zero attached hydrogens (tertiary/aromatic N) is 4. The molecular formula is C37H41Cl2N5O3. The second-order valence-corrected chi connectivity index (χ2v) is 14.4. The molecule has 4 saturated heterocycles. The van der Waals surface area contributed by atoms with E-state index in [2.05, 4.69) is 33.3 Å². The SMILES string of the molecule is Cc1cc(C)cc(C(=O)N2CCN(C(=O)CCN3C[C@@H]4C[C@H]3CN4C(=O)[C@H]3NC[C@@H]3c3ccccc3)[C@H](c3ccc(Cl)c(Cl)c3)C2)c1. The molecule has 3 amide bonds. The number of hydrogen-bond donors (Lipinski definition) is 1. The number of carbonyl (C=O) groups is 3. The van der Waals surface area contributed by atoms with E-state index in [1.165, 1.54) is 5.56 Å². The van der Waals surface area contributed by atoms with Gasteiger partial charge < -0.3 is 20.0 Å². The van der Waals surface area contributed by atoms with Gasteiger partial charge in [-0.3, -0.25) is 19.3 Å². The van der Waals surface area contributed by atoms with Crippen molar-refractivity contribution in [2.24, 2.45) is 0 Å². The average Bonchev–Trinajstić information content (AvgIpc) is 3.65. The molecule has 0 radical (unpaired) electrons. The van der Waals surface area contributed by atoms with Crippen LogP contribution in [0.15, 0.2) is 66.7 Å². The average molecular weight is 675 g/mol. The van der Waals surface area contributed by atoms with Crippen LogP contribution in [0.1, 0.15) is 57.4 Å². The van der Waals surface area contributed by atoms with Crippen molar-refractivity contribution in [2.75, 3.05) is 45.8 Å². The third-order valence-electron chi connectivity index (χ3n) is 10.5. The van der Waals surface area contributed by atoms with Gasteiger partial charge in [-0.05, 0) is 55.7 Å². The normalized spacial score (nSPS) is 25.6. The van der Waals surface area contributed by atoms with Crippen molar-refractivity contribution in [1.29, 1.82) is 0 Å². The molecule has 0 aliphatic carbocycles. The summed E-state index contributed by atoms with van der Waals surface area (Å²) in [6, 6.07) is 21.6. The molecule has 3 aromatic carbocycles. The second kappa shape index (κ2) is 13.2. The molecule has 7 rings (SSSR count). The van der Waals surface area contributed by atoms with Crippen molar-refractivity contribution < 1.29 is 14.4 Å². The Morgan fingerprint density at radius 2 is 1.57 bits per heavy atom. The summed E-state index contributed by atoms with van der Waals surface area (Å²) < 4.78 is 0. The summed E-state index contributed by atoms with van der Waals surface area (Å²) in [6.45, 7) is 8.23. The summed E-state index contributed by atoms with van der Waals surface area (Å²) in [6.07, 6.45) is 1.33. The number of aryl methyl sites for hydroxylation is 2. The molecule has 10 heteroatoms. The molecule has 3 aromatic rings. The lowest BCUT2D eigenvalue weighted by Crippen LogP contribution is -2.62. The van der Waals surface area contributed by atoms with Gasteiger partial charge in [-0.15, -0.1) is 0 Å². The van der Waals surface area contributed by atoms with Crippen LogP contribution in [-0.4, -0.2) is 101 Å². The Morgan fingerprint density at radius 1 is 0.809 bits per heavy atom. The molecule has 0 saturated carbocycles. The van der Waals surface area contributed by atoms with Crippen molar-refractivity contribution in [2.45, 2.75) is 56.8 Å². The fourth-order valence-corrected chi connectivity index (χ4v) is 8.34. The molecular weight excluding hydrogens is 633 g/mol. The first-order chi connectivity index (χ1) is 22.7. The summed E-state index contributed by atoms with van der Waals surface area (Å²) >= 11 is 12.7. The topological polar surface area (TPSA) is 76.2 Å². The summed E-state index contributed by atoms with van der Waals surface area (Å²) in [7, 11) is 0. The van der Waals surface area contributed by atoms with Crippen molar-refractivity contribution >= 4 is 40.9 Å². The van der Waals surface area contributed by atoms with Gasteiger partial charge >= 0.3 is 0 Å². The molecule has 4 aliphatic heterocycles. The third-order valence-corrected chi connectivity index (χ3v) is 11.2. The first-order valence-electron chi connectivity index (χ1n) is 16.6. The Bertz CT molecular complexity index is 1670. The van der Waals surface area contributed by atoms with Gasteiger partial charge in [-0.1, -0.05) is 76.8 Å². The molecule has 5 atom stereocenters. The van der Waals surface area contributed by atoms with Crippen molar-refractivity contribution in [1.82, 2.24) is 24.9 Å². The van der Waals surface area contributed by atoms with Crippen LogP contribution in [0.2, 0.25) is 10.0 Å². The number of hydrogen-bond acceptors (Lipinski definition) is 5. The van der Waals surface area contributed by atoms with Crippen LogP contribution in [0.3, 0.4) is 0 Å². The molecule has 4 fully saturated rings. The smallest absolute Gasteiger partial charge is 0.254 e. The molecule has 4 aliphatic rings. The largest absolute Gasteiger partial charge is 0.335 e. The molecule has 47 heavy (non-hydrogen) atoms. The molecule has 8 nitrogen and oxygen atoms in total. The Hall–Kier alpha value is -3.43. The van der Waals surface area contributed by atoms with E-state index in [-0.39, 0.29) is 47.8 Å². The highest BCUT2D eigenvalue weighted by Crippen LogP contribution is 2.36. The van der Waals surface area contributed by atoms with Gasteiger partial charge in [0, 0.05) is 75.8 Å². The van der Waals surface area contributed by atoms with Crippen molar-refractivity contribution in [3.8, 4) is 0 Å². The molecule has 4 heterocycles. The van der Waals surface area contributed by atoms with Gasteiger partial charge in [0.25, 0.3) is 5.91 Å². The predicted molar refractivity (Wildman–Crippen MR) is 184 cm³/mol. The molecule has 0 spiro atoms. The number of rotatable bonds is 7. The van der Waals surface area contributed by atoms with Crippen molar-refractivity contribution in [3.63, 3.8) is 0 Å². The van der Waals surface area contributed by atoms with Gasteiger partial charge in [0.15, 0.2) is 0 Å². The van der Waals surface area contributed by atoms with E-state index in [0.717, 1.165) is 36.2 Å². The Balaban J connectivity index is 0.988. The Morgan fingerprint density at radius 3 is 2.23 bits per heavy atom. The van der Waals surface area contributed by atoms with Crippen LogP contribution < -0.4 is 5.32 Å². The maximum atomic E-state index is 13.9. The fourth-order valence-electron chi connectivity index (χ4n) is 8.03. The maximum Gasteiger partial charge on any atom is 0.254 e. The maximum absolute atomic E-state index is 13.9. The van der Waals surface area contributed by atoms with E-state index in [0.29, 0.717) is 54.8 Å². The molecule has 246 valence electrons. The zero-order valence-electron chi connectivity index (χ0n) is 26.9. The molecule has 0 aromatic heterocycles. The number of likely N-dealkylation sites (tertiary alicyclic amines) is 2. The van der Waals surface area contributed by atoms with Crippen LogP contribution in [0.5, 0.6) is 0 Å². The third kappa shape index (κ3) is 6.41. The second-order valence-electron chi connectivity index (χ2n) is 13.6. The minimum absolute atomic E-state index is 0.0339. The molecule has 2 bridgehead atoms. The summed E-state index contributed by atoms with van der Waals surface area (Å²) in [5.41, 5.74) is 4.82. The minimum Gasteiger partial charge on any atom is -0.335 e. The highest BCUT2D eigenvalue weighted by Gasteiger charge is 2.49. The van der Waals surface area contributed by atoms with Crippen LogP contribution in [0.25, 0.3) is 0 Å². The van der Waals surface area contributed by atoms with Crippen LogP contribution in [0, 0.1) is 13.8 Å². The lowest BCUT2D eigenvalue weighted by Gasteiger charge is -2.43. The first kappa shape index (κ1) is 32.1. The number of piperazine rings is 2. The minimum atomic E-state index is -0.337. The zero-order chi connectivity index (χ0) is 32.8.